The molecule has 0 radical (unpaired) electrons. The fourth-order valence-corrected chi connectivity index (χ4v) is 3.07. The molecule has 2 rings (SSSR count). The maximum atomic E-state index is 12.3. The minimum absolute atomic E-state index is 0.139. The van der Waals surface area contributed by atoms with Gasteiger partial charge in [-0.15, -0.1) is 11.3 Å². The molecule has 1 aromatic carbocycles. The smallest absolute Gasteiger partial charge is 0.347 e. The Bertz CT molecular complexity index is 812. The number of rotatable bonds is 5. The molecule has 0 aliphatic heterocycles. The van der Waals surface area contributed by atoms with E-state index in [0.29, 0.717) is 21.8 Å². The molecule has 7 nitrogen and oxygen atoms in total. The van der Waals surface area contributed by atoms with Gasteiger partial charge in [0.2, 0.25) is 0 Å². The number of aromatic carboxylic acids is 1. The van der Waals surface area contributed by atoms with Crippen molar-refractivity contribution >= 4 is 29.1 Å². The molecule has 8 heteroatoms. The van der Waals surface area contributed by atoms with E-state index >= 15 is 0 Å². The Morgan fingerprint density at radius 1 is 1.16 bits per heavy atom. The molecule has 0 saturated carbocycles. The molecule has 2 aromatic rings. The summed E-state index contributed by atoms with van der Waals surface area (Å²) in [5.74, 6) is -1.48. The lowest BCUT2D eigenvalue weighted by atomic mass is 10.1. The number of carboxylic acid groups (broad SMARTS) is 1. The Morgan fingerprint density at radius 3 is 2.20 bits per heavy atom. The maximum absolute atomic E-state index is 12.3. The van der Waals surface area contributed by atoms with E-state index in [1.165, 1.54) is 4.90 Å². The lowest BCUT2D eigenvalue weighted by Gasteiger charge is -2.12. The largest absolute Gasteiger partial charge is 0.477 e. The first-order valence-electron chi connectivity index (χ1n) is 7.54. The number of carboxylic acids is 1. The molecule has 1 heterocycles. The van der Waals surface area contributed by atoms with Crippen LogP contribution in [0.25, 0.3) is 0 Å². The van der Waals surface area contributed by atoms with Crippen LogP contribution < -0.4 is 5.32 Å². The number of aryl methyl sites for hydroxylation is 1. The molecule has 0 saturated heterocycles. The number of thiazole rings is 1. The van der Waals surface area contributed by atoms with E-state index in [4.69, 9.17) is 5.11 Å². The summed E-state index contributed by atoms with van der Waals surface area (Å²) in [7, 11) is 3.32. The van der Waals surface area contributed by atoms with Gasteiger partial charge in [-0.2, -0.15) is 0 Å². The van der Waals surface area contributed by atoms with Gasteiger partial charge in [-0.1, -0.05) is 0 Å². The second kappa shape index (κ2) is 7.43. The minimum Gasteiger partial charge on any atom is -0.477 e. The van der Waals surface area contributed by atoms with Crippen molar-refractivity contribution in [2.24, 2.45) is 0 Å². The van der Waals surface area contributed by atoms with Crippen molar-refractivity contribution in [2.45, 2.75) is 19.9 Å². The van der Waals surface area contributed by atoms with Gasteiger partial charge in [0.25, 0.3) is 11.8 Å². The number of benzene rings is 1. The summed E-state index contributed by atoms with van der Waals surface area (Å²) in [5.41, 5.74) is 1.34. The van der Waals surface area contributed by atoms with Crippen LogP contribution in [0.5, 0.6) is 0 Å². The van der Waals surface area contributed by atoms with Crippen molar-refractivity contribution in [2.75, 3.05) is 14.1 Å². The Kier molecular flexibility index (Phi) is 5.53. The molecule has 1 atom stereocenters. The van der Waals surface area contributed by atoms with Crippen molar-refractivity contribution < 1.29 is 19.5 Å². The number of carbonyl (C=O) groups is 3. The third-order valence-corrected chi connectivity index (χ3v) is 4.85. The number of nitrogens with one attached hydrogen (secondary N) is 1. The van der Waals surface area contributed by atoms with E-state index in [-0.39, 0.29) is 16.7 Å². The zero-order chi connectivity index (χ0) is 18.7. The third-order valence-electron chi connectivity index (χ3n) is 3.53. The molecule has 0 fully saturated rings. The fraction of sp³-hybridized carbons (Fsp3) is 0.294. The standard InChI is InChI=1S/C17H19N3O4S/c1-9-13(17(23)24)25-15(19-9)10(2)18-14(21)11-5-7-12(8-6-11)16(22)20(3)4/h5-8,10H,1-4H3,(H,18,21)(H,23,24). The van der Waals surface area contributed by atoms with E-state index in [0.717, 1.165) is 11.3 Å². The van der Waals surface area contributed by atoms with Gasteiger partial charge < -0.3 is 15.3 Å². The molecule has 132 valence electrons. The van der Waals surface area contributed by atoms with Crippen molar-refractivity contribution in [3.05, 3.63) is 51.0 Å². The topological polar surface area (TPSA) is 99.6 Å². The molecule has 1 unspecified atom stereocenters. The fourth-order valence-electron chi connectivity index (χ4n) is 2.17. The van der Waals surface area contributed by atoms with Crippen LogP contribution in [0.4, 0.5) is 0 Å². The van der Waals surface area contributed by atoms with Crippen LogP contribution in [0.15, 0.2) is 24.3 Å². The van der Waals surface area contributed by atoms with E-state index < -0.39 is 12.0 Å². The van der Waals surface area contributed by atoms with Gasteiger partial charge in [-0.3, -0.25) is 9.59 Å². The molecule has 0 bridgehead atoms. The van der Waals surface area contributed by atoms with Crippen LogP contribution in [-0.2, 0) is 0 Å². The normalized spacial score (nSPS) is 11.7. The second-order valence-corrected chi connectivity index (χ2v) is 6.77. The first-order chi connectivity index (χ1) is 11.7. The van der Waals surface area contributed by atoms with Gasteiger partial charge in [-0.25, -0.2) is 9.78 Å². The Morgan fingerprint density at radius 2 is 1.72 bits per heavy atom. The molecule has 0 spiro atoms. The molecule has 2 amide bonds. The second-order valence-electron chi connectivity index (χ2n) is 5.74. The summed E-state index contributed by atoms with van der Waals surface area (Å²) >= 11 is 1.05. The summed E-state index contributed by atoms with van der Waals surface area (Å²) in [6, 6.07) is 5.92. The number of amides is 2. The average molecular weight is 361 g/mol. The Balaban J connectivity index is 2.10. The number of hydrogen-bond acceptors (Lipinski definition) is 5. The highest BCUT2D eigenvalue weighted by Crippen LogP contribution is 2.23. The highest BCUT2D eigenvalue weighted by atomic mass is 32.1. The molecule has 0 aliphatic carbocycles. The predicted octanol–water partition coefficient (Wildman–Crippen LogP) is 2.34. The van der Waals surface area contributed by atoms with Gasteiger partial charge in [0.1, 0.15) is 9.88 Å². The van der Waals surface area contributed by atoms with Crippen molar-refractivity contribution in [1.82, 2.24) is 15.2 Å². The Hall–Kier alpha value is -2.74. The van der Waals surface area contributed by atoms with Gasteiger partial charge in [0.15, 0.2) is 0 Å². The maximum Gasteiger partial charge on any atom is 0.347 e. The van der Waals surface area contributed by atoms with E-state index in [1.54, 1.807) is 52.2 Å². The Labute approximate surface area is 149 Å². The van der Waals surface area contributed by atoms with Crippen LogP contribution in [0.3, 0.4) is 0 Å². The molecule has 2 N–H and O–H groups in total. The zero-order valence-corrected chi connectivity index (χ0v) is 15.2. The van der Waals surface area contributed by atoms with Gasteiger partial charge in [-0.05, 0) is 38.1 Å². The quantitative estimate of drug-likeness (QED) is 0.851. The van der Waals surface area contributed by atoms with Crippen LogP contribution in [0.1, 0.15) is 54.1 Å². The van der Waals surface area contributed by atoms with Crippen molar-refractivity contribution in [1.29, 1.82) is 0 Å². The highest BCUT2D eigenvalue weighted by molar-refractivity contribution is 7.13. The molecule has 25 heavy (non-hydrogen) atoms. The summed E-state index contributed by atoms with van der Waals surface area (Å²) in [4.78, 5) is 41.1. The third kappa shape index (κ3) is 4.21. The first kappa shape index (κ1) is 18.6. The molecular formula is C17H19N3O4S. The first-order valence-corrected chi connectivity index (χ1v) is 8.35. The zero-order valence-electron chi connectivity index (χ0n) is 14.4. The van der Waals surface area contributed by atoms with Gasteiger partial charge in [0, 0.05) is 25.2 Å². The molecular weight excluding hydrogens is 342 g/mol. The van der Waals surface area contributed by atoms with Crippen molar-refractivity contribution in [3.8, 4) is 0 Å². The average Bonchev–Trinajstić information content (AvgIpc) is 2.96. The number of carbonyl (C=O) groups excluding carboxylic acids is 2. The van der Waals surface area contributed by atoms with Crippen molar-refractivity contribution in [3.63, 3.8) is 0 Å². The van der Waals surface area contributed by atoms with E-state index in [9.17, 15) is 14.4 Å². The monoisotopic (exact) mass is 361 g/mol. The van der Waals surface area contributed by atoms with Crippen LogP contribution >= 0.6 is 11.3 Å². The number of nitrogens with zero attached hydrogens (tertiary/aromatic N) is 2. The van der Waals surface area contributed by atoms with Gasteiger partial charge >= 0.3 is 5.97 Å². The molecule has 1 aromatic heterocycles. The van der Waals surface area contributed by atoms with Gasteiger partial charge in [0.05, 0.1) is 11.7 Å². The summed E-state index contributed by atoms with van der Waals surface area (Å²) in [6.07, 6.45) is 0. The molecule has 0 aliphatic rings. The highest BCUT2D eigenvalue weighted by Gasteiger charge is 2.20. The SMILES string of the molecule is Cc1nc(C(C)NC(=O)c2ccc(C(=O)N(C)C)cc2)sc1C(=O)O. The summed E-state index contributed by atoms with van der Waals surface area (Å²) in [5, 5.41) is 12.4. The number of aromatic nitrogens is 1. The minimum atomic E-state index is -1.03. The lowest BCUT2D eigenvalue weighted by Crippen LogP contribution is -2.27. The summed E-state index contributed by atoms with van der Waals surface area (Å²) in [6.45, 7) is 3.37. The lowest BCUT2D eigenvalue weighted by molar-refractivity contribution is 0.0700. The number of hydrogen-bond donors (Lipinski definition) is 2. The van der Waals surface area contributed by atoms with Crippen LogP contribution in [0, 0.1) is 6.92 Å². The van der Waals surface area contributed by atoms with E-state index in [1.807, 2.05) is 0 Å². The van der Waals surface area contributed by atoms with Crippen LogP contribution in [0.2, 0.25) is 0 Å². The summed E-state index contributed by atoms with van der Waals surface area (Å²) < 4.78 is 0. The van der Waals surface area contributed by atoms with E-state index in [2.05, 4.69) is 10.3 Å². The predicted molar refractivity (Wildman–Crippen MR) is 94.2 cm³/mol. The van der Waals surface area contributed by atoms with Crippen LogP contribution in [-0.4, -0.2) is 46.9 Å².